The van der Waals surface area contributed by atoms with Gasteiger partial charge in [-0.1, -0.05) is 15.9 Å². The molecule has 0 bridgehead atoms. The van der Waals surface area contributed by atoms with Crippen molar-refractivity contribution < 1.29 is 22.4 Å². The van der Waals surface area contributed by atoms with Crippen LogP contribution in [-0.2, 0) is 32.7 Å². The number of amides is 2. The molecular formula is C20H18BrN5O5S. The summed E-state index contributed by atoms with van der Waals surface area (Å²) in [5, 5.41) is 6.12. The van der Waals surface area contributed by atoms with Gasteiger partial charge in [-0.3, -0.25) is 14.6 Å². The number of pyridine rings is 1. The summed E-state index contributed by atoms with van der Waals surface area (Å²) in [7, 11) is -3.70. The summed E-state index contributed by atoms with van der Waals surface area (Å²) in [5.74, 6) is -1.18. The predicted octanol–water partition coefficient (Wildman–Crippen LogP) is 1.68. The average molecular weight is 520 g/mol. The Hall–Kier alpha value is -3.35. The van der Waals surface area contributed by atoms with Crippen molar-refractivity contribution in [3.05, 3.63) is 82.5 Å². The molecule has 2 heterocycles. The Kier molecular flexibility index (Phi) is 7.87. The molecule has 0 spiro atoms. The lowest BCUT2D eigenvalue weighted by Gasteiger charge is -2.05. The van der Waals surface area contributed by atoms with E-state index >= 15 is 0 Å². The van der Waals surface area contributed by atoms with Crippen LogP contribution in [-0.4, -0.2) is 31.4 Å². The summed E-state index contributed by atoms with van der Waals surface area (Å²) >= 11 is 3.25. The maximum atomic E-state index is 12.3. The number of nitrogens with one attached hydrogen (secondary N) is 3. The molecule has 2 aromatic heterocycles. The summed E-state index contributed by atoms with van der Waals surface area (Å²) in [6, 6.07) is 12.7. The maximum Gasteiger partial charge on any atom is 0.329 e. The first-order valence-electron chi connectivity index (χ1n) is 9.17. The highest BCUT2D eigenvalue weighted by Crippen LogP contribution is 2.15. The zero-order valence-electron chi connectivity index (χ0n) is 16.5. The third-order valence-electron chi connectivity index (χ3n) is 4.01. The van der Waals surface area contributed by atoms with E-state index in [1.807, 2.05) is 0 Å². The van der Waals surface area contributed by atoms with Crippen molar-refractivity contribution in [1.82, 2.24) is 20.4 Å². The molecule has 0 saturated heterocycles. The van der Waals surface area contributed by atoms with Crippen LogP contribution in [0.25, 0.3) is 0 Å². The molecule has 1 aromatic carbocycles. The minimum absolute atomic E-state index is 0.0734. The fourth-order valence-electron chi connectivity index (χ4n) is 2.39. The Balaban J connectivity index is 1.46. The van der Waals surface area contributed by atoms with Gasteiger partial charge in [0.2, 0.25) is 10.0 Å². The normalized spacial score (nSPS) is 11.4. The number of hydrogen-bond donors (Lipinski definition) is 3. The largest absolute Gasteiger partial charge is 0.459 e. The second kappa shape index (κ2) is 10.8. The molecule has 0 aliphatic heterocycles. The minimum Gasteiger partial charge on any atom is -0.459 e. The van der Waals surface area contributed by atoms with Crippen LogP contribution in [0.1, 0.15) is 17.1 Å². The van der Waals surface area contributed by atoms with Gasteiger partial charge in [0, 0.05) is 23.4 Å². The van der Waals surface area contributed by atoms with Crippen LogP contribution < -0.4 is 15.5 Å². The topological polar surface area (TPSA) is 143 Å². The molecule has 0 atom stereocenters. The third kappa shape index (κ3) is 6.83. The lowest BCUT2D eigenvalue weighted by atomic mass is 10.3. The molecule has 2 amide bonds. The molecule has 0 aliphatic rings. The van der Waals surface area contributed by atoms with Crippen LogP contribution in [0.3, 0.4) is 0 Å². The SMILES string of the molecule is O=C(NCc1ccncc1)C(=O)N/N=C/c1ccc(CNS(=O)(=O)c2ccc(Br)cc2)o1. The first-order chi connectivity index (χ1) is 15.3. The van der Waals surface area contributed by atoms with Crippen LogP contribution in [0.5, 0.6) is 0 Å². The summed E-state index contributed by atoms with van der Waals surface area (Å²) in [6.45, 7) is 0.103. The number of nitrogens with zero attached hydrogens (tertiary/aromatic N) is 2. The molecule has 3 rings (SSSR count). The van der Waals surface area contributed by atoms with Crippen molar-refractivity contribution in [3.8, 4) is 0 Å². The van der Waals surface area contributed by atoms with Crippen molar-refractivity contribution >= 4 is 44.0 Å². The van der Waals surface area contributed by atoms with E-state index in [1.165, 1.54) is 18.3 Å². The molecule has 10 nitrogen and oxygen atoms in total. The van der Waals surface area contributed by atoms with Gasteiger partial charge >= 0.3 is 11.8 Å². The zero-order valence-corrected chi connectivity index (χ0v) is 18.9. The van der Waals surface area contributed by atoms with Crippen LogP contribution in [0.4, 0.5) is 0 Å². The van der Waals surface area contributed by atoms with Gasteiger partial charge in [-0.2, -0.15) is 5.10 Å². The smallest absolute Gasteiger partial charge is 0.329 e. The Morgan fingerprint density at radius 1 is 1.00 bits per heavy atom. The van der Waals surface area contributed by atoms with E-state index in [4.69, 9.17) is 4.42 Å². The van der Waals surface area contributed by atoms with Gasteiger partial charge in [0.15, 0.2) is 0 Å². The van der Waals surface area contributed by atoms with E-state index < -0.39 is 21.8 Å². The van der Waals surface area contributed by atoms with Crippen LogP contribution in [0.15, 0.2) is 79.8 Å². The number of carbonyl (C=O) groups is 2. The molecule has 0 unspecified atom stereocenters. The highest BCUT2D eigenvalue weighted by molar-refractivity contribution is 9.10. The number of aromatic nitrogens is 1. The first-order valence-corrected chi connectivity index (χ1v) is 11.5. The minimum atomic E-state index is -3.70. The molecule has 12 heteroatoms. The molecule has 3 aromatic rings. The lowest BCUT2D eigenvalue weighted by molar-refractivity contribution is -0.139. The fourth-order valence-corrected chi connectivity index (χ4v) is 3.65. The molecule has 32 heavy (non-hydrogen) atoms. The van der Waals surface area contributed by atoms with Gasteiger partial charge in [0.25, 0.3) is 0 Å². The number of halogens is 1. The van der Waals surface area contributed by atoms with Crippen molar-refractivity contribution in [2.24, 2.45) is 5.10 Å². The Morgan fingerprint density at radius 3 is 2.44 bits per heavy atom. The van der Waals surface area contributed by atoms with Gasteiger partial charge in [-0.15, -0.1) is 0 Å². The molecular weight excluding hydrogens is 502 g/mol. The Morgan fingerprint density at radius 2 is 1.72 bits per heavy atom. The number of hydrogen-bond acceptors (Lipinski definition) is 7. The zero-order chi connectivity index (χ0) is 23.0. The molecule has 0 fully saturated rings. The standard InChI is InChI=1S/C20H18BrN5O5S/c21-15-1-5-18(6-2-15)32(29,30)25-13-17-4-3-16(31-17)12-24-26-20(28)19(27)23-11-14-7-9-22-10-8-14/h1-10,12,25H,11,13H2,(H,23,27)(H,26,28)/b24-12+. The third-order valence-corrected chi connectivity index (χ3v) is 5.96. The quantitative estimate of drug-likeness (QED) is 0.234. The van der Waals surface area contributed by atoms with Gasteiger partial charge in [-0.05, 0) is 54.1 Å². The highest BCUT2D eigenvalue weighted by Gasteiger charge is 2.15. The van der Waals surface area contributed by atoms with E-state index in [0.717, 1.165) is 10.0 Å². The molecule has 0 aliphatic carbocycles. The van der Waals surface area contributed by atoms with Gasteiger partial charge < -0.3 is 9.73 Å². The first kappa shape index (κ1) is 23.3. The summed E-state index contributed by atoms with van der Waals surface area (Å²) in [5.41, 5.74) is 2.88. The van der Waals surface area contributed by atoms with E-state index in [9.17, 15) is 18.0 Å². The van der Waals surface area contributed by atoms with Gasteiger partial charge in [-0.25, -0.2) is 18.6 Å². The number of benzene rings is 1. The van der Waals surface area contributed by atoms with Crippen LogP contribution in [0.2, 0.25) is 0 Å². The number of rotatable bonds is 8. The monoisotopic (exact) mass is 519 g/mol. The second-order valence-electron chi connectivity index (χ2n) is 6.32. The van der Waals surface area contributed by atoms with Crippen molar-refractivity contribution in [3.63, 3.8) is 0 Å². The van der Waals surface area contributed by atoms with E-state index in [-0.39, 0.29) is 23.7 Å². The number of hydrazone groups is 1. The highest BCUT2D eigenvalue weighted by atomic mass is 79.9. The number of sulfonamides is 1. The Bertz CT molecular complexity index is 1210. The Labute approximate surface area is 192 Å². The van der Waals surface area contributed by atoms with Gasteiger partial charge in [0.05, 0.1) is 17.7 Å². The molecule has 166 valence electrons. The number of furan rings is 1. The van der Waals surface area contributed by atoms with E-state index in [2.05, 4.69) is 41.5 Å². The van der Waals surface area contributed by atoms with Crippen molar-refractivity contribution in [1.29, 1.82) is 0 Å². The second-order valence-corrected chi connectivity index (χ2v) is 9.00. The van der Waals surface area contributed by atoms with Gasteiger partial charge in [0.1, 0.15) is 11.5 Å². The molecule has 0 saturated carbocycles. The van der Waals surface area contributed by atoms with E-state index in [0.29, 0.717) is 5.76 Å². The summed E-state index contributed by atoms with van der Waals surface area (Å²) < 4.78 is 33.2. The summed E-state index contributed by atoms with van der Waals surface area (Å²) in [4.78, 5) is 27.5. The van der Waals surface area contributed by atoms with Crippen LogP contribution >= 0.6 is 15.9 Å². The van der Waals surface area contributed by atoms with Crippen LogP contribution in [0, 0.1) is 0 Å². The average Bonchev–Trinajstić information content (AvgIpc) is 3.25. The number of carbonyl (C=O) groups excluding carboxylic acids is 2. The van der Waals surface area contributed by atoms with E-state index in [1.54, 1.807) is 48.8 Å². The van der Waals surface area contributed by atoms with Crippen molar-refractivity contribution in [2.75, 3.05) is 0 Å². The maximum absolute atomic E-state index is 12.3. The predicted molar refractivity (Wildman–Crippen MR) is 119 cm³/mol. The molecule has 0 radical (unpaired) electrons. The van der Waals surface area contributed by atoms with Crippen molar-refractivity contribution in [2.45, 2.75) is 18.0 Å². The summed E-state index contributed by atoms with van der Waals surface area (Å²) in [6.07, 6.45) is 4.35. The molecule has 3 N–H and O–H groups in total. The fraction of sp³-hybridized carbons (Fsp3) is 0.100. The lowest BCUT2D eigenvalue weighted by Crippen LogP contribution is -2.37.